The number of nitrogens with zero attached hydrogens (tertiary/aromatic N) is 4. The quantitative estimate of drug-likeness (QED) is 0.445. The van der Waals surface area contributed by atoms with Crippen LogP contribution in [0.4, 0.5) is 10.7 Å². The molecule has 0 bridgehead atoms. The second kappa shape index (κ2) is 9.94. The fourth-order valence-corrected chi connectivity index (χ4v) is 4.34. The molecule has 2 aromatic rings. The molecule has 0 aliphatic carbocycles. The summed E-state index contributed by atoms with van der Waals surface area (Å²) in [5.74, 6) is -0.433. The minimum Gasteiger partial charge on any atom is -0.369 e. The van der Waals surface area contributed by atoms with E-state index in [1.807, 2.05) is 11.6 Å². The van der Waals surface area contributed by atoms with Gasteiger partial charge in [0.2, 0.25) is 11.9 Å². The third kappa shape index (κ3) is 6.48. The number of primary amides is 1. The first-order valence-corrected chi connectivity index (χ1v) is 11.9. The zero-order valence-corrected chi connectivity index (χ0v) is 19.5. The topological polar surface area (TPSA) is 160 Å². The first kappa shape index (κ1) is 24.1. The smallest absolute Gasteiger partial charge is 0.335 e. The Kier molecular flexibility index (Phi) is 7.26. The van der Waals surface area contributed by atoms with Crippen molar-refractivity contribution in [3.8, 4) is 0 Å². The Morgan fingerprint density at radius 3 is 2.18 bits per heavy atom. The van der Waals surface area contributed by atoms with E-state index in [1.54, 1.807) is 36.9 Å². The van der Waals surface area contributed by atoms with E-state index in [1.165, 1.54) is 12.1 Å². The summed E-state index contributed by atoms with van der Waals surface area (Å²) in [6.07, 6.45) is 0.958. The van der Waals surface area contributed by atoms with Crippen LogP contribution in [0.3, 0.4) is 0 Å². The highest BCUT2D eigenvalue weighted by atomic mass is 32.2. The van der Waals surface area contributed by atoms with Gasteiger partial charge in [-0.2, -0.15) is 4.99 Å². The molecule has 1 aromatic carbocycles. The number of guanidine groups is 1. The number of aromatic nitrogens is 2. The van der Waals surface area contributed by atoms with Gasteiger partial charge in [0.05, 0.1) is 4.90 Å². The summed E-state index contributed by atoms with van der Waals surface area (Å²) >= 11 is 0. The van der Waals surface area contributed by atoms with Crippen LogP contribution in [0.15, 0.2) is 40.2 Å². The molecule has 3 amide bonds. The van der Waals surface area contributed by atoms with E-state index in [0.29, 0.717) is 37.3 Å². The summed E-state index contributed by atoms with van der Waals surface area (Å²) < 4.78 is 27.1. The number of hydrogen-bond donors (Lipinski definition) is 3. The molecular weight excluding hydrogens is 446 g/mol. The molecule has 176 valence electrons. The molecule has 1 fully saturated rings. The van der Waals surface area contributed by atoms with Crippen molar-refractivity contribution in [2.45, 2.75) is 38.5 Å². The van der Waals surface area contributed by atoms with Crippen LogP contribution < -0.4 is 15.8 Å². The number of hydrogen-bond acceptors (Lipinski definition) is 7. The fourth-order valence-electron chi connectivity index (χ4n) is 3.43. The average molecular weight is 474 g/mol. The van der Waals surface area contributed by atoms with Crippen molar-refractivity contribution in [1.29, 1.82) is 0 Å². The van der Waals surface area contributed by atoms with Crippen molar-refractivity contribution >= 4 is 33.9 Å². The van der Waals surface area contributed by atoms with Gasteiger partial charge < -0.3 is 10.6 Å². The van der Waals surface area contributed by atoms with Gasteiger partial charge in [-0.05, 0) is 51.8 Å². The summed E-state index contributed by atoms with van der Waals surface area (Å²) in [7, 11) is -4.09. The maximum atomic E-state index is 12.6. The molecule has 1 aliphatic heterocycles. The van der Waals surface area contributed by atoms with Crippen LogP contribution in [0.5, 0.6) is 0 Å². The SMILES string of the molecule is Cc1ccc(S(=O)(=O)NC(=O)N/C(=N/c2nc(C)cc(C)n2)N2CCC(C(N)=O)CC2)cc1. The number of urea groups is 1. The van der Waals surface area contributed by atoms with Crippen molar-refractivity contribution in [1.82, 2.24) is 24.9 Å². The van der Waals surface area contributed by atoms with Crippen LogP contribution in [-0.2, 0) is 14.8 Å². The first-order chi connectivity index (χ1) is 15.5. The predicted molar refractivity (Wildman–Crippen MR) is 122 cm³/mol. The van der Waals surface area contributed by atoms with Gasteiger partial charge in [-0.15, -0.1) is 0 Å². The van der Waals surface area contributed by atoms with Crippen LogP contribution >= 0.6 is 0 Å². The van der Waals surface area contributed by atoms with Gasteiger partial charge in [0.15, 0.2) is 0 Å². The number of carbonyl (C=O) groups excluding carboxylic acids is 2. The number of rotatable bonds is 4. The predicted octanol–water partition coefficient (Wildman–Crippen LogP) is 1.27. The van der Waals surface area contributed by atoms with E-state index in [4.69, 9.17) is 5.73 Å². The molecule has 1 aromatic heterocycles. The molecule has 12 heteroatoms. The Bertz CT molecular complexity index is 1150. The summed E-state index contributed by atoms with van der Waals surface area (Å²) in [5, 5.41) is 2.51. The standard InChI is InChI=1S/C21H27N7O4S/c1-13-4-6-17(7-5-13)33(31,32)27-21(30)26-20(25-19-23-14(2)12-15(3)24-19)28-10-8-16(9-11-28)18(22)29/h4-7,12,16H,8-11H2,1-3H3,(H2,22,29)(H2,23,24,25,26,27,30). The summed E-state index contributed by atoms with van der Waals surface area (Å²) in [5.41, 5.74) is 7.68. The molecule has 1 saturated heterocycles. The molecule has 2 heterocycles. The lowest BCUT2D eigenvalue weighted by atomic mass is 9.96. The van der Waals surface area contributed by atoms with Gasteiger partial charge >= 0.3 is 6.03 Å². The molecule has 11 nitrogen and oxygen atoms in total. The fraction of sp³-hybridized carbons (Fsp3) is 0.381. The highest BCUT2D eigenvalue weighted by Crippen LogP contribution is 2.18. The third-order valence-electron chi connectivity index (χ3n) is 5.16. The number of benzene rings is 1. The van der Waals surface area contributed by atoms with E-state index >= 15 is 0 Å². The second-order valence-corrected chi connectivity index (χ2v) is 9.60. The van der Waals surface area contributed by atoms with Gasteiger partial charge in [-0.3, -0.25) is 10.1 Å². The van der Waals surface area contributed by atoms with Crippen molar-refractivity contribution < 1.29 is 18.0 Å². The molecular formula is C21H27N7O4S. The van der Waals surface area contributed by atoms with Crippen molar-refractivity contribution in [3.63, 3.8) is 0 Å². The normalized spacial score (nSPS) is 15.2. The van der Waals surface area contributed by atoms with Crippen LogP contribution in [0, 0.1) is 26.7 Å². The van der Waals surface area contributed by atoms with Crippen LogP contribution in [-0.4, -0.2) is 54.3 Å². The Labute approximate surface area is 192 Å². The van der Waals surface area contributed by atoms with Crippen LogP contribution in [0.2, 0.25) is 0 Å². The summed E-state index contributed by atoms with van der Waals surface area (Å²) in [6, 6.07) is 6.91. The average Bonchev–Trinajstić information content (AvgIpc) is 2.72. The Morgan fingerprint density at radius 2 is 1.64 bits per heavy atom. The second-order valence-electron chi connectivity index (χ2n) is 7.92. The molecule has 1 aliphatic rings. The summed E-state index contributed by atoms with van der Waals surface area (Å²) in [4.78, 5) is 38.7. The monoisotopic (exact) mass is 473 g/mol. The Balaban J connectivity index is 1.83. The van der Waals surface area contributed by atoms with Crippen molar-refractivity contribution in [3.05, 3.63) is 47.3 Å². The molecule has 0 radical (unpaired) electrons. The van der Waals surface area contributed by atoms with Gasteiger partial charge in [0, 0.05) is 30.4 Å². The highest BCUT2D eigenvalue weighted by molar-refractivity contribution is 7.90. The summed E-state index contributed by atoms with van der Waals surface area (Å²) in [6.45, 7) is 6.19. The van der Waals surface area contributed by atoms with E-state index in [0.717, 1.165) is 5.56 Å². The van der Waals surface area contributed by atoms with Gasteiger partial charge in [-0.25, -0.2) is 27.9 Å². The van der Waals surface area contributed by atoms with Crippen LogP contribution in [0.25, 0.3) is 0 Å². The number of nitrogens with one attached hydrogen (secondary N) is 2. The lowest BCUT2D eigenvalue weighted by Crippen LogP contribution is -2.52. The number of aliphatic imine (C=N–C) groups is 1. The maximum Gasteiger partial charge on any atom is 0.335 e. The number of piperidine rings is 1. The third-order valence-corrected chi connectivity index (χ3v) is 6.50. The van der Waals surface area contributed by atoms with Gasteiger partial charge in [0.1, 0.15) is 0 Å². The Hall–Kier alpha value is -3.54. The largest absolute Gasteiger partial charge is 0.369 e. The number of sulfonamides is 1. The van der Waals surface area contributed by atoms with E-state index in [-0.39, 0.29) is 28.6 Å². The number of likely N-dealkylation sites (tertiary alicyclic amines) is 1. The van der Waals surface area contributed by atoms with Gasteiger partial charge in [0.25, 0.3) is 16.0 Å². The number of amides is 3. The molecule has 0 saturated carbocycles. The lowest BCUT2D eigenvalue weighted by Gasteiger charge is -2.32. The maximum absolute atomic E-state index is 12.6. The molecule has 0 unspecified atom stereocenters. The van der Waals surface area contributed by atoms with E-state index in [9.17, 15) is 18.0 Å². The lowest BCUT2D eigenvalue weighted by molar-refractivity contribution is -0.122. The number of aryl methyl sites for hydroxylation is 3. The van der Waals surface area contributed by atoms with Crippen molar-refractivity contribution in [2.24, 2.45) is 16.6 Å². The minimum atomic E-state index is -4.09. The highest BCUT2D eigenvalue weighted by Gasteiger charge is 2.27. The number of nitrogens with two attached hydrogens (primary N) is 1. The molecule has 0 spiro atoms. The molecule has 0 atom stereocenters. The van der Waals surface area contributed by atoms with E-state index in [2.05, 4.69) is 20.3 Å². The molecule has 33 heavy (non-hydrogen) atoms. The minimum absolute atomic E-state index is 0.0401. The zero-order valence-electron chi connectivity index (χ0n) is 18.7. The van der Waals surface area contributed by atoms with Gasteiger partial charge in [-0.1, -0.05) is 17.7 Å². The molecule has 3 rings (SSSR count). The Morgan fingerprint density at radius 1 is 1.06 bits per heavy atom. The first-order valence-electron chi connectivity index (χ1n) is 10.4. The van der Waals surface area contributed by atoms with E-state index < -0.39 is 16.1 Å². The molecule has 4 N–H and O–H groups in total. The zero-order chi connectivity index (χ0) is 24.2. The van der Waals surface area contributed by atoms with Crippen LogP contribution in [0.1, 0.15) is 29.8 Å². The van der Waals surface area contributed by atoms with Crippen molar-refractivity contribution in [2.75, 3.05) is 13.1 Å². The number of carbonyl (C=O) groups is 2.